The smallest absolute Gasteiger partial charge is 0.164 e. The maximum Gasteiger partial charge on any atom is 0.164 e. The third-order valence-corrected chi connectivity index (χ3v) is 11.3. The Morgan fingerprint density at radius 2 is 0.766 bits per heavy atom. The van der Waals surface area contributed by atoms with E-state index in [4.69, 9.17) is 10.2 Å². The molecule has 0 aromatic carbocycles. The molecule has 5 unspecified atom stereocenters. The summed E-state index contributed by atoms with van der Waals surface area (Å²) < 4.78 is 0. The van der Waals surface area contributed by atoms with Gasteiger partial charge >= 0.3 is 0 Å². The standard InChI is InChI=1S/2C11H20O2.2C10H18O2.C9H16O2.C8H14O2.6Ir/c1-6-9(11(3,4)5)10(13)7-8(2)12;1-5-8(3)10(6-2)11(13)7-9(4)12;1-7(11)6-9(12)8(2)10(3,4)5;1-5-9(7(2)3)10(12)6-8(4)11;1-5-7(10)6-8(11)9(2,3)4;1-3-5-8(10)6-7(9)4-2;;;;;;/h7,9,13H,6H2,1-5H3;7-8,10,13H,5-6H2,1-4H3;6,8,12H,1-5H3;6-7,9,12H,5H2,1-4H3;6,10H,5H2,1-4H3;6,10H,3-5H2,1-2H3;;;;;;. The normalized spacial score (nSPS) is 13.7. The van der Waals surface area contributed by atoms with E-state index in [9.17, 15) is 49.2 Å². The number of carbonyl (C=O) groups is 6. The number of aliphatic hydroxyl groups excluding tert-OH is 6. The van der Waals surface area contributed by atoms with Crippen molar-refractivity contribution in [1.82, 2.24) is 0 Å². The molecule has 0 saturated heterocycles. The first-order valence-electron chi connectivity index (χ1n) is 25.6. The third-order valence-electron chi connectivity index (χ3n) is 11.3. The summed E-state index contributed by atoms with van der Waals surface area (Å²) in [4.78, 5) is 64.7. The quantitative estimate of drug-likeness (QED) is 0.0495. The number of ketones is 6. The van der Waals surface area contributed by atoms with Crippen molar-refractivity contribution in [2.24, 2.45) is 51.8 Å². The van der Waals surface area contributed by atoms with Gasteiger partial charge in [-0.3, -0.25) is 28.8 Å². The number of allylic oxidation sites excluding steroid dienone is 12. The van der Waals surface area contributed by atoms with E-state index < -0.39 is 0 Å². The van der Waals surface area contributed by atoms with Crippen LogP contribution in [0.1, 0.15) is 218 Å². The van der Waals surface area contributed by atoms with Gasteiger partial charge in [-0.05, 0) is 76.0 Å². The monoisotopic (exact) mass is 2160 g/mol. The average Bonchev–Trinajstić information content (AvgIpc) is 3.19. The summed E-state index contributed by atoms with van der Waals surface area (Å²) in [6, 6.07) is 0. The van der Waals surface area contributed by atoms with Gasteiger partial charge in [0.25, 0.3) is 0 Å². The van der Waals surface area contributed by atoms with Crippen molar-refractivity contribution < 1.29 is 180 Å². The van der Waals surface area contributed by atoms with Crippen LogP contribution >= 0.6 is 0 Å². The van der Waals surface area contributed by atoms with Crippen LogP contribution in [-0.4, -0.2) is 65.3 Å². The maximum atomic E-state index is 11.2. The molecule has 12 nitrogen and oxygen atoms in total. The summed E-state index contributed by atoms with van der Waals surface area (Å²) in [5.74, 6) is 1.94. The summed E-state index contributed by atoms with van der Waals surface area (Å²) in [5.41, 5.74) is -0.385. The molecule has 0 aliphatic rings. The number of carbonyl (C=O) groups excluding carboxylic acids is 6. The number of aliphatic hydroxyl groups is 6. The van der Waals surface area contributed by atoms with Gasteiger partial charge < -0.3 is 30.6 Å². The third kappa shape index (κ3) is 62.6. The fraction of sp³-hybridized carbons (Fsp3) is 0.695. The van der Waals surface area contributed by atoms with Crippen LogP contribution in [0.2, 0.25) is 0 Å². The minimum absolute atomic E-state index is 0. The molecular weight excluding hydrogens is 2050 g/mol. The fourth-order valence-corrected chi connectivity index (χ4v) is 6.28. The molecule has 0 aromatic rings. The van der Waals surface area contributed by atoms with E-state index in [-0.39, 0.29) is 230 Å². The van der Waals surface area contributed by atoms with Crippen molar-refractivity contribution in [3.8, 4) is 0 Å². The van der Waals surface area contributed by atoms with Gasteiger partial charge in [-0.25, -0.2) is 0 Å². The van der Waals surface area contributed by atoms with Crippen molar-refractivity contribution in [2.45, 2.75) is 218 Å². The zero-order valence-electron chi connectivity index (χ0n) is 51.2. The molecule has 0 bridgehead atoms. The van der Waals surface area contributed by atoms with E-state index in [1.165, 1.54) is 64.2 Å². The molecular formula is C59H106Ir6O12. The minimum atomic E-state index is -0.386. The van der Waals surface area contributed by atoms with Crippen LogP contribution in [0.15, 0.2) is 71.0 Å². The Bertz CT molecular complexity index is 1750. The molecule has 0 heterocycles. The Morgan fingerprint density at radius 3 is 1.01 bits per heavy atom. The van der Waals surface area contributed by atoms with Crippen LogP contribution in [0.3, 0.4) is 0 Å². The van der Waals surface area contributed by atoms with Gasteiger partial charge in [0.15, 0.2) is 34.7 Å². The summed E-state index contributed by atoms with van der Waals surface area (Å²) in [6.07, 6.45) is 13.9. The molecule has 0 aliphatic carbocycles. The first kappa shape index (κ1) is 105. The maximum absolute atomic E-state index is 11.2. The summed E-state index contributed by atoms with van der Waals surface area (Å²) in [6.45, 7) is 45.3. The SMILES string of the molecule is CC(=O)C=C(O)C(C)C(C)(C)C.CCC(C(O)=CC(C)=O)C(C)(C)C.CCC(C(O)=CC(C)=O)C(C)C.CCC(C)C(CC)C(O)=CC(C)=O.CCC(O)=CC(=O)C(C)(C)C.CCCC(O)=CC(=O)CC.[Ir].[Ir].[Ir].[Ir].[Ir].[Ir]. The van der Waals surface area contributed by atoms with Crippen LogP contribution in [0, 0.1) is 51.8 Å². The zero-order chi connectivity index (χ0) is 57.8. The zero-order valence-corrected chi connectivity index (χ0v) is 65.6. The summed E-state index contributed by atoms with van der Waals surface area (Å²) >= 11 is 0. The topological polar surface area (TPSA) is 224 Å². The van der Waals surface area contributed by atoms with Crippen molar-refractivity contribution in [3.63, 3.8) is 0 Å². The summed E-state index contributed by atoms with van der Waals surface area (Å²) in [5, 5.41) is 56.3. The first-order chi connectivity index (χ1) is 32.1. The van der Waals surface area contributed by atoms with E-state index in [2.05, 4.69) is 34.6 Å². The van der Waals surface area contributed by atoms with Gasteiger partial charge in [-0.15, -0.1) is 0 Å². The van der Waals surface area contributed by atoms with E-state index in [0.717, 1.165) is 32.1 Å². The number of hydrogen-bond donors (Lipinski definition) is 6. The largest absolute Gasteiger partial charge is 0.512 e. The van der Waals surface area contributed by atoms with Gasteiger partial charge in [0.2, 0.25) is 0 Å². The van der Waals surface area contributed by atoms with E-state index in [1.807, 2.05) is 96.9 Å². The molecule has 0 fully saturated rings. The van der Waals surface area contributed by atoms with Gasteiger partial charge in [-0.1, -0.05) is 145 Å². The minimum Gasteiger partial charge on any atom is -0.512 e. The molecule has 0 amide bonds. The molecule has 6 N–H and O–H groups in total. The molecule has 5 atom stereocenters. The predicted octanol–water partition coefficient (Wildman–Crippen LogP) is 16.2. The van der Waals surface area contributed by atoms with Crippen LogP contribution in [0.5, 0.6) is 0 Å². The molecule has 468 valence electrons. The Kier molecular flexibility index (Phi) is 77.4. The van der Waals surface area contributed by atoms with Crippen LogP contribution < -0.4 is 0 Å². The Morgan fingerprint density at radius 1 is 0.416 bits per heavy atom. The Hall–Kier alpha value is -0.844. The van der Waals surface area contributed by atoms with Crippen molar-refractivity contribution in [2.75, 3.05) is 0 Å². The number of rotatable bonds is 20. The Balaban J connectivity index is -0.0000000650. The molecule has 0 aromatic heterocycles. The van der Waals surface area contributed by atoms with Crippen LogP contribution in [0.4, 0.5) is 0 Å². The predicted molar refractivity (Wildman–Crippen MR) is 296 cm³/mol. The van der Waals surface area contributed by atoms with Crippen LogP contribution in [0.25, 0.3) is 0 Å². The second kappa shape index (κ2) is 57.0. The van der Waals surface area contributed by atoms with Crippen molar-refractivity contribution in [1.29, 1.82) is 0 Å². The van der Waals surface area contributed by atoms with Gasteiger partial charge in [0.1, 0.15) is 0 Å². The van der Waals surface area contributed by atoms with Crippen molar-refractivity contribution >= 4 is 34.7 Å². The molecule has 0 saturated carbocycles. The fourth-order valence-electron chi connectivity index (χ4n) is 6.28. The molecule has 0 spiro atoms. The summed E-state index contributed by atoms with van der Waals surface area (Å²) in [7, 11) is 0. The van der Waals surface area contributed by atoms with E-state index >= 15 is 0 Å². The molecule has 6 radical (unpaired) electrons. The first-order valence-corrected chi connectivity index (χ1v) is 25.6. The Labute approximate surface area is 549 Å². The van der Waals surface area contributed by atoms with E-state index in [1.54, 1.807) is 6.92 Å². The molecule has 0 rings (SSSR count). The average molecular weight is 2160 g/mol. The van der Waals surface area contributed by atoms with Gasteiger partial charge in [0, 0.05) is 205 Å². The van der Waals surface area contributed by atoms with Gasteiger partial charge in [0.05, 0.1) is 34.6 Å². The number of hydrogen-bond acceptors (Lipinski definition) is 12. The molecule has 77 heavy (non-hydrogen) atoms. The second-order valence-corrected chi connectivity index (χ2v) is 21.6. The molecule has 0 aliphatic heterocycles. The van der Waals surface area contributed by atoms with Gasteiger partial charge in [-0.2, -0.15) is 0 Å². The van der Waals surface area contributed by atoms with Crippen LogP contribution in [-0.2, 0) is 149 Å². The van der Waals surface area contributed by atoms with E-state index in [0.29, 0.717) is 31.1 Å². The van der Waals surface area contributed by atoms with Crippen molar-refractivity contribution in [3.05, 3.63) is 71.0 Å². The molecule has 18 heteroatoms. The second-order valence-electron chi connectivity index (χ2n) is 21.6.